The van der Waals surface area contributed by atoms with Crippen LogP contribution in [0, 0.1) is 10.8 Å². The Morgan fingerprint density at radius 3 is 2.17 bits per heavy atom. The van der Waals surface area contributed by atoms with Crippen molar-refractivity contribution in [2.75, 3.05) is 46.1 Å². The van der Waals surface area contributed by atoms with Gasteiger partial charge in [0.1, 0.15) is 0 Å². The summed E-state index contributed by atoms with van der Waals surface area (Å²) in [6.45, 7) is 18.2. The number of hydrogen-bond acceptors (Lipinski definition) is 3. The van der Waals surface area contributed by atoms with Gasteiger partial charge in [0.25, 0.3) is 0 Å². The van der Waals surface area contributed by atoms with Crippen LogP contribution >= 0.6 is 0 Å². The molecule has 1 aliphatic heterocycles. The van der Waals surface area contributed by atoms with Gasteiger partial charge in [-0.3, -0.25) is 4.90 Å². The Kier molecular flexibility index (Phi) is 6.09. The van der Waals surface area contributed by atoms with Gasteiger partial charge >= 0.3 is 0 Å². The van der Waals surface area contributed by atoms with Gasteiger partial charge in [-0.2, -0.15) is 0 Å². The summed E-state index contributed by atoms with van der Waals surface area (Å²) in [6, 6.07) is 0. The van der Waals surface area contributed by atoms with E-state index in [1.165, 1.54) is 0 Å². The summed E-state index contributed by atoms with van der Waals surface area (Å²) in [7, 11) is 0. The maximum atomic E-state index is 5.78. The molecule has 0 saturated carbocycles. The Bertz CT molecular complexity index is 227. The van der Waals surface area contributed by atoms with Crippen LogP contribution < -0.4 is 0 Å². The van der Waals surface area contributed by atoms with Crippen molar-refractivity contribution >= 4 is 0 Å². The van der Waals surface area contributed by atoms with E-state index < -0.39 is 0 Å². The molecule has 0 spiro atoms. The van der Waals surface area contributed by atoms with Gasteiger partial charge in [-0.25, -0.2) is 0 Å². The molecule has 0 N–H and O–H groups in total. The van der Waals surface area contributed by atoms with Gasteiger partial charge in [-0.15, -0.1) is 0 Å². The molecular formula is C15H31NO2. The summed E-state index contributed by atoms with van der Waals surface area (Å²) < 4.78 is 11.1. The van der Waals surface area contributed by atoms with Crippen LogP contribution in [0.5, 0.6) is 0 Å². The molecular weight excluding hydrogens is 226 g/mol. The van der Waals surface area contributed by atoms with Gasteiger partial charge in [0.15, 0.2) is 0 Å². The SMILES string of the molecule is CC(C)(C)C(C)(C)CCOCCN1CCOCC1. The third-order valence-corrected chi connectivity index (χ3v) is 4.56. The zero-order valence-electron chi connectivity index (χ0n) is 12.9. The molecule has 0 aromatic carbocycles. The van der Waals surface area contributed by atoms with Gasteiger partial charge in [0, 0.05) is 26.2 Å². The Labute approximate surface area is 113 Å². The fraction of sp³-hybridized carbons (Fsp3) is 1.00. The van der Waals surface area contributed by atoms with Crippen LogP contribution in [0.4, 0.5) is 0 Å². The lowest BCUT2D eigenvalue weighted by Crippen LogP contribution is -2.38. The molecule has 0 amide bonds. The predicted octanol–water partition coefficient (Wildman–Crippen LogP) is 2.80. The number of ether oxygens (including phenoxy) is 2. The molecule has 1 saturated heterocycles. The first kappa shape index (κ1) is 15.9. The van der Waals surface area contributed by atoms with E-state index in [-0.39, 0.29) is 0 Å². The van der Waals surface area contributed by atoms with E-state index in [1.54, 1.807) is 0 Å². The zero-order valence-corrected chi connectivity index (χ0v) is 12.9. The fourth-order valence-electron chi connectivity index (χ4n) is 1.82. The summed E-state index contributed by atoms with van der Waals surface area (Å²) in [5, 5.41) is 0. The van der Waals surface area contributed by atoms with Crippen molar-refractivity contribution in [1.82, 2.24) is 4.90 Å². The molecule has 0 unspecified atom stereocenters. The third-order valence-electron chi connectivity index (χ3n) is 4.56. The maximum Gasteiger partial charge on any atom is 0.0594 e. The number of morpholine rings is 1. The van der Waals surface area contributed by atoms with Crippen LogP contribution in [0.2, 0.25) is 0 Å². The summed E-state index contributed by atoms with van der Waals surface area (Å²) in [5.74, 6) is 0. The second-order valence-corrected chi connectivity index (χ2v) is 6.95. The zero-order chi connectivity index (χ0) is 13.6. The Balaban J connectivity index is 2.08. The minimum absolute atomic E-state index is 0.325. The lowest BCUT2D eigenvalue weighted by molar-refractivity contribution is 0.0107. The molecule has 0 aromatic rings. The molecule has 1 heterocycles. The molecule has 1 rings (SSSR count). The highest BCUT2D eigenvalue weighted by molar-refractivity contribution is 4.82. The van der Waals surface area contributed by atoms with E-state index in [0.717, 1.165) is 52.5 Å². The van der Waals surface area contributed by atoms with E-state index >= 15 is 0 Å². The first-order valence-corrected chi connectivity index (χ1v) is 7.21. The van der Waals surface area contributed by atoms with Gasteiger partial charge in [0.05, 0.1) is 19.8 Å². The van der Waals surface area contributed by atoms with Crippen molar-refractivity contribution < 1.29 is 9.47 Å². The van der Waals surface area contributed by atoms with E-state index in [0.29, 0.717) is 10.8 Å². The van der Waals surface area contributed by atoms with Crippen molar-refractivity contribution in [3.8, 4) is 0 Å². The summed E-state index contributed by atoms with van der Waals surface area (Å²) >= 11 is 0. The van der Waals surface area contributed by atoms with Crippen LogP contribution in [0.25, 0.3) is 0 Å². The number of nitrogens with zero attached hydrogens (tertiary/aromatic N) is 1. The molecule has 3 heteroatoms. The highest BCUT2D eigenvalue weighted by atomic mass is 16.5. The monoisotopic (exact) mass is 257 g/mol. The van der Waals surface area contributed by atoms with E-state index in [2.05, 4.69) is 39.5 Å². The number of hydrogen-bond donors (Lipinski definition) is 0. The van der Waals surface area contributed by atoms with Crippen molar-refractivity contribution in [2.24, 2.45) is 10.8 Å². The van der Waals surface area contributed by atoms with Crippen LogP contribution in [-0.4, -0.2) is 51.0 Å². The topological polar surface area (TPSA) is 21.7 Å². The van der Waals surface area contributed by atoms with Crippen molar-refractivity contribution in [3.63, 3.8) is 0 Å². The van der Waals surface area contributed by atoms with Crippen molar-refractivity contribution in [1.29, 1.82) is 0 Å². The summed E-state index contributed by atoms with van der Waals surface area (Å²) in [4.78, 5) is 2.42. The average Bonchev–Trinajstić information content (AvgIpc) is 2.28. The number of rotatable bonds is 6. The quantitative estimate of drug-likeness (QED) is 0.683. The van der Waals surface area contributed by atoms with Gasteiger partial charge in [0.2, 0.25) is 0 Å². The van der Waals surface area contributed by atoms with Crippen LogP contribution in [0.15, 0.2) is 0 Å². The maximum absolute atomic E-state index is 5.78. The normalized spacial score (nSPS) is 19.2. The van der Waals surface area contributed by atoms with Crippen LogP contribution in [-0.2, 0) is 9.47 Å². The lowest BCUT2D eigenvalue weighted by atomic mass is 9.67. The molecule has 1 aliphatic rings. The molecule has 18 heavy (non-hydrogen) atoms. The molecule has 0 bridgehead atoms. The Morgan fingerprint density at radius 2 is 1.61 bits per heavy atom. The largest absolute Gasteiger partial charge is 0.380 e. The molecule has 3 nitrogen and oxygen atoms in total. The second kappa shape index (κ2) is 6.88. The molecule has 1 fully saturated rings. The first-order chi connectivity index (χ1) is 8.33. The minimum atomic E-state index is 0.325. The van der Waals surface area contributed by atoms with Crippen LogP contribution in [0.3, 0.4) is 0 Å². The lowest BCUT2D eigenvalue weighted by Gasteiger charge is -2.39. The van der Waals surface area contributed by atoms with Crippen molar-refractivity contribution in [3.05, 3.63) is 0 Å². The fourth-order valence-corrected chi connectivity index (χ4v) is 1.82. The third kappa shape index (κ3) is 5.25. The van der Waals surface area contributed by atoms with Crippen LogP contribution in [0.1, 0.15) is 41.0 Å². The standard InChI is InChI=1S/C15H31NO2/c1-14(2,3)15(4,5)6-10-17-11-7-16-8-12-18-13-9-16/h6-13H2,1-5H3. The van der Waals surface area contributed by atoms with E-state index in [1.807, 2.05) is 0 Å². The van der Waals surface area contributed by atoms with E-state index in [4.69, 9.17) is 9.47 Å². The second-order valence-electron chi connectivity index (χ2n) is 6.95. The summed E-state index contributed by atoms with van der Waals surface area (Å²) in [5.41, 5.74) is 0.659. The van der Waals surface area contributed by atoms with Gasteiger partial charge < -0.3 is 9.47 Å². The highest BCUT2D eigenvalue weighted by Crippen LogP contribution is 2.40. The minimum Gasteiger partial charge on any atom is -0.380 e. The smallest absolute Gasteiger partial charge is 0.0594 e. The van der Waals surface area contributed by atoms with E-state index in [9.17, 15) is 0 Å². The van der Waals surface area contributed by atoms with Gasteiger partial charge in [-0.1, -0.05) is 34.6 Å². The Hall–Kier alpha value is -0.120. The summed E-state index contributed by atoms with van der Waals surface area (Å²) in [6.07, 6.45) is 1.12. The molecule has 0 atom stereocenters. The molecule has 0 aromatic heterocycles. The van der Waals surface area contributed by atoms with Crippen molar-refractivity contribution in [2.45, 2.75) is 41.0 Å². The Morgan fingerprint density at radius 1 is 1.00 bits per heavy atom. The molecule has 0 aliphatic carbocycles. The molecule has 108 valence electrons. The predicted molar refractivity (Wildman–Crippen MR) is 75.9 cm³/mol. The van der Waals surface area contributed by atoms with Gasteiger partial charge in [-0.05, 0) is 17.3 Å². The first-order valence-electron chi connectivity index (χ1n) is 7.21. The highest BCUT2D eigenvalue weighted by Gasteiger charge is 2.32. The molecule has 0 radical (unpaired) electrons. The average molecular weight is 257 g/mol.